The zero-order chi connectivity index (χ0) is 12.0. The third kappa shape index (κ3) is 4.74. The van der Waals surface area contributed by atoms with Crippen molar-refractivity contribution in [1.29, 1.82) is 0 Å². The summed E-state index contributed by atoms with van der Waals surface area (Å²) < 4.78 is 11.5. The quantitative estimate of drug-likeness (QED) is 0.816. The van der Waals surface area contributed by atoms with Crippen molar-refractivity contribution < 1.29 is 9.47 Å². The van der Waals surface area contributed by atoms with Gasteiger partial charge in [0.25, 0.3) is 0 Å². The third-order valence-electron chi connectivity index (χ3n) is 2.38. The largest absolute Gasteiger partial charge is 0.496 e. The Morgan fingerprint density at radius 1 is 1.18 bits per heavy atom. The van der Waals surface area contributed by atoms with Gasteiger partial charge in [0.1, 0.15) is 11.5 Å². The monoisotopic (exact) mass is 323 g/mol. The van der Waals surface area contributed by atoms with E-state index in [9.17, 15) is 0 Å². The fourth-order valence-electron chi connectivity index (χ4n) is 1.52. The van der Waals surface area contributed by atoms with E-state index in [1.165, 1.54) is 0 Å². The molecule has 0 amide bonds. The van der Waals surface area contributed by atoms with Crippen LogP contribution < -0.4 is 14.8 Å². The van der Waals surface area contributed by atoms with E-state index in [1.54, 1.807) is 14.2 Å². The van der Waals surface area contributed by atoms with E-state index in [0.717, 1.165) is 41.0 Å². The van der Waals surface area contributed by atoms with Crippen molar-refractivity contribution in [1.82, 2.24) is 5.32 Å². The van der Waals surface area contributed by atoms with Crippen LogP contribution in [0.3, 0.4) is 0 Å². The molecule has 0 aliphatic rings. The van der Waals surface area contributed by atoms with Crippen LogP contribution in [0.1, 0.15) is 12.5 Å². The second-order valence-electron chi connectivity index (χ2n) is 3.40. The van der Waals surface area contributed by atoms with Crippen LogP contribution in [0.5, 0.6) is 11.5 Å². The number of halogens is 2. The predicted octanol–water partition coefficient (Wildman–Crippen LogP) is 3.04. The third-order valence-corrected chi connectivity index (χ3v) is 3.00. The number of hydrogen-bond acceptors (Lipinski definition) is 3. The molecule has 0 aromatic heterocycles. The summed E-state index contributed by atoms with van der Waals surface area (Å²) in [5.74, 6) is 1.73. The number of nitrogens with one attached hydrogen (secondary N) is 1. The van der Waals surface area contributed by atoms with Gasteiger partial charge in [-0.05, 0) is 53.1 Å². The van der Waals surface area contributed by atoms with E-state index in [2.05, 4.69) is 28.2 Å². The van der Waals surface area contributed by atoms with Crippen molar-refractivity contribution in [2.45, 2.75) is 13.3 Å². The SMILES string of the molecule is CCNCCc1cc(OC)c(Br)cc1OC.Cl. The molecule has 0 aliphatic heterocycles. The van der Waals surface area contributed by atoms with Gasteiger partial charge in [0.05, 0.1) is 18.7 Å². The normalized spacial score (nSPS) is 9.65. The van der Waals surface area contributed by atoms with E-state index < -0.39 is 0 Å². The molecule has 1 aromatic carbocycles. The second-order valence-corrected chi connectivity index (χ2v) is 4.26. The standard InChI is InChI=1S/C12H18BrNO2.ClH/c1-4-14-6-5-9-7-12(16-3)10(13)8-11(9)15-2;/h7-8,14H,4-6H2,1-3H3;1H. The van der Waals surface area contributed by atoms with Gasteiger partial charge in [-0.1, -0.05) is 6.92 Å². The van der Waals surface area contributed by atoms with Crippen LogP contribution in [0.4, 0.5) is 0 Å². The molecule has 0 spiro atoms. The van der Waals surface area contributed by atoms with E-state index in [4.69, 9.17) is 9.47 Å². The second kappa shape index (κ2) is 8.61. The average molecular weight is 325 g/mol. The minimum atomic E-state index is 0. The van der Waals surface area contributed by atoms with E-state index >= 15 is 0 Å². The lowest BCUT2D eigenvalue weighted by Gasteiger charge is -2.12. The van der Waals surface area contributed by atoms with Gasteiger partial charge in [-0.2, -0.15) is 0 Å². The fourth-order valence-corrected chi connectivity index (χ4v) is 2.00. The molecule has 98 valence electrons. The van der Waals surface area contributed by atoms with Crippen LogP contribution in [-0.4, -0.2) is 27.3 Å². The molecular weight excluding hydrogens is 305 g/mol. The Morgan fingerprint density at radius 3 is 2.35 bits per heavy atom. The first kappa shape index (κ1) is 16.6. The maximum absolute atomic E-state index is 5.34. The Balaban J connectivity index is 0.00000256. The molecule has 1 N–H and O–H groups in total. The summed E-state index contributed by atoms with van der Waals surface area (Å²) in [4.78, 5) is 0. The van der Waals surface area contributed by atoms with Crippen molar-refractivity contribution in [3.05, 3.63) is 22.2 Å². The van der Waals surface area contributed by atoms with Crippen LogP contribution >= 0.6 is 28.3 Å². The summed E-state index contributed by atoms with van der Waals surface area (Å²) in [6.07, 6.45) is 0.931. The van der Waals surface area contributed by atoms with Gasteiger partial charge in [0.2, 0.25) is 0 Å². The maximum atomic E-state index is 5.34. The van der Waals surface area contributed by atoms with Crippen LogP contribution in [0.25, 0.3) is 0 Å². The number of ether oxygens (including phenoxy) is 2. The molecular formula is C12H19BrClNO2. The van der Waals surface area contributed by atoms with E-state index in [1.807, 2.05) is 12.1 Å². The van der Waals surface area contributed by atoms with Crippen LogP contribution in [-0.2, 0) is 6.42 Å². The zero-order valence-corrected chi connectivity index (χ0v) is 12.8. The van der Waals surface area contributed by atoms with Crippen LogP contribution in [0, 0.1) is 0 Å². The highest BCUT2D eigenvalue weighted by molar-refractivity contribution is 9.10. The number of likely N-dealkylation sites (N-methyl/N-ethyl adjacent to an activating group) is 1. The van der Waals surface area contributed by atoms with Crippen molar-refractivity contribution in [2.75, 3.05) is 27.3 Å². The van der Waals surface area contributed by atoms with Crippen molar-refractivity contribution >= 4 is 28.3 Å². The molecule has 0 fully saturated rings. The number of rotatable bonds is 6. The first-order valence-corrected chi connectivity index (χ1v) is 6.13. The minimum absolute atomic E-state index is 0. The maximum Gasteiger partial charge on any atom is 0.133 e. The van der Waals surface area contributed by atoms with Crippen LogP contribution in [0.15, 0.2) is 16.6 Å². The van der Waals surface area contributed by atoms with Gasteiger partial charge in [-0.15, -0.1) is 12.4 Å². The number of methoxy groups -OCH3 is 2. The highest BCUT2D eigenvalue weighted by atomic mass is 79.9. The molecule has 0 unspecified atom stereocenters. The van der Waals surface area contributed by atoms with Crippen molar-refractivity contribution in [3.8, 4) is 11.5 Å². The predicted molar refractivity (Wildman–Crippen MR) is 76.7 cm³/mol. The number of hydrogen-bond donors (Lipinski definition) is 1. The fraction of sp³-hybridized carbons (Fsp3) is 0.500. The summed E-state index contributed by atoms with van der Waals surface area (Å²) in [6, 6.07) is 3.96. The van der Waals surface area contributed by atoms with Gasteiger partial charge < -0.3 is 14.8 Å². The molecule has 0 saturated carbocycles. The molecule has 0 radical (unpaired) electrons. The Hall–Kier alpha value is -0.450. The highest BCUT2D eigenvalue weighted by Crippen LogP contribution is 2.32. The lowest BCUT2D eigenvalue weighted by Crippen LogP contribution is -2.16. The highest BCUT2D eigenvalue weighted by Gasteiger charge is 2.08. The summed E-state index contributed by atoms with van der Waals surface area (Å²) in [5, 5.41) is 3.29. The molecule has 0 aliphatic carbocycles. The van der Waals surface area contributed by atoms with E-state index in [0.29, 0.717) is 0 Å². The smallest absolute Gasteiger partial charge is 0.133 e. The first-order valence-electron chi connectivity index (χ1n) is 5.34. The summed E-state index contributed by atoms with van der Waals surface area (Å²) in [7, 11) is 3.35. The molecule has 0 saturated heterocycles. The Kier molecular flexibility index (Phi) is 8.39. The molecule has 1 aromatic rings. The molecule has 3 nitrogen and oxygen atoms in total. The lowest BCUT2D eigenvalue weighted by atomic mass is 10.1. The van der Waals surface area contributed by atoms with Crippen molar-refractivity contribution in [3.63, 3.8) is 0 Å². The molecule has 1 rings (SSSR count). The molecule has 0 atom stereocenters. The molecule has 0 heterocycles. The van der Waals surface area contributed by atoms with Crippen LogP contribution in [0.2, 0.25) is 0 Å². The lowest BCUT2D eigenvalue weighted by molar-refractivity contribution is 0.396. The zero-order valence-electron chi connectivity index (χ0n) is 10.4. The molecule has 5 heteroatoms. The summed E-state index contributed by atoms with van der Waals surface area (Å²) in [6.45, 7) is 4.02. The van der Waals surface area contributed by atoms with E-state index in [-0.39, 0.29) is 12.4 Å². The summed E-state index contributed by atoms with van der Waals surface area (Å²) in [5.41, 5.74) is 1.16. The Bertz CT molecular complexity index is 348. The molecule has 0 bridgehead atoms. The topological polar surface area (TPSA) is 30.5 Å². The Labute approximate surface area is 117 Å². The van der Waals surface area contributed by atoms with Gasteiger partial charge in [0.15, 0.2) is 0 Å². The van der Waals surface area contributed by atoms with Gasteiger partial charge >= 0.3 is 0 Å². The Morgan fingerprint density at radius 2 is 1.82 bits per heavy atom. The summed E-state index contributed by atoms with van der Waals surface area (Å²) >= 11 is 3.44. The first-order chi connectivity index (χ1) is 7.72. The van der Waals surface area contributed by atoms with Gasteiger partial charge in [-0.25, -0.2) is 0 Å². The van der Waals surface area contributed by atoms with Gasteiger partial charge in [-0.3, -0.25) is 0 Å². The minimum Gasteiger partial charge on any atom is -0.496 e. The molecule has 17 heavy (non-hydrogen) atoms. The average Bonchev–Trinajstić information content (AvgIpc) is 2.30. The van der Waals surface area contributed by atoms with Crippen molar-refractivity contribution in [2.24, 2.45) is 0 Å². The number of benzene rings is 1. The van der Waals surface area contributed by atoms with Gasteiger partial charge in [0, 0.05) is 0 Å².